The average molecular weight is 439 g/mol. The van der Waals surface area contributed by atoms with Gasteiger partial charge < -0.3 is 10.1 Å². The van der Waals surface area contributed by atoms with Gasteiger partial charge in [0.1, 0.15) is 11.3 Å². The Kier molecular flexibility index (Phi) is 6.13. The summed E-state index contributed by atoms with van der Waals surface area (Å²) in [6, 6.07) is 24.8. The Morgan fingerprint density at radius 2 is 1.42 bits per heavy atom. The molecule has 0 aliphatic rings. The molecule has 0 aliphatic heterocycles. The number of ether oxygens (including phenoxy) is 1. The number of carbonyl (C=O) groups excluding carboxylic acids is 2. The Morgan fingerprint density at radius 1 is 0.848 bits per heavy atom. The first-order valence-electron chi connectivity index (χ1n) is 10.3. The lowest BCUT2D eigenvalue weighted by Gasteiger charge is -2.15. The lowest BCUT2D eigenvalue weighted by Crippen LogP contribution is -2.30. The fourth-order valence-electron chi connectivity index (χ4n) is 3.47. The first kappa shape index (κ1) is 21.7. The Labute approximate surface area is 190 Å². The molecule has 164 valence electrons. The number of nitrogens with zero attached hydrogens (tertiary/aromatic N) is 2. The summed E-state index contributed by atoms with van der Waals surface area (Å²) >= 11 is 0. The van der Waals surface area contributed by atoms with Gasteiger partial charge in [-0.15, -0.1) is 0 Å². The molecule has 0 fully saturated rings. The lowest BCUT2D eigenvalue weighted by atomic mass is 9.95. The number of anilines is 1. The molecule has 0 spiro atoms. The van der Waals surface area contributed by atoms with E-state index in [0.29, 0.717) is 22.5 Å². The highest BCUT2D eigenvalue weighted by atomic mass is 16.5. The van der Waals surface area contributed by atoms with Crippen LogP contribution in [0.25, 0.3) is 22.4 Å². The number of benzene rings is 3. The van der Waals surface area contributed by atoms with Crippen molar-refractivity contribution in [1.29, 1.82) is 0 Å². The highest BCUT2D eigenvalue weighted by Gasteiger charge is 2.26. The third-order valence-corrected chi connectivity index (χ3v) is 4.94. The molecule has 0 bridgehead atoms. The van der Waals surface area contributed by atoms with E-state index in [0.717, 1.165) is 10.2 Å². The van der Waals surface area contributed by atoms with Crippen LogP contribution in [-0.2, 0) is 11.8 Å². The van der Waals surface area contributed by atoms with Gasteiger partial charge in [-0.25, -0.2) is 9.48 Å². The van der Waals surface area contributed by atoms with Gasteiger partial charge in [-0.1, -0.05) is 60.7 Å². The van der Waals surface area contributed by atoms with E-state index in [9.17, 15) is 14.4 Å². The first-order valence-corrected chi connectivity index (χ1v) is 10.3. The topological polar surface area (TPSA) is 90.3 Å². The van der Waals surface area contributed by atoms with E-state index in [2.05, 4.69) is 10.4 Å². The minimum Gasteiger partial charge on any atom is -0.423 e. The maximum Gasteiger partial charge on any atom is 0.349 e. The number of aromatic nitrogens is 2. The lowest BCUT2D eigenvalue weighted by molar-refractivity contribution is -0.114. The van der Waals surface area contributed by atoms with Crippen LogP contribution >= 0.6 is 0 Å². The molecule has 0 saturated carbocycles. The van der Waals surface area contributed by atoms with Crippen LogP contribution in [0.4, 0.5) is 5.69 Å². The quantitative estimate of drug-likeness (QED) is 0.370. The van der Waals surface area contributed by atoms with Crippen molar-refractivity contribution in [3.05, 3.63) is 101 Å². The molecule has 1 amide bonds. The first-order chi connectivity index (χ1) is 15.9. The van der Waals surface area contributed by atoms with Crippen LogP contribution < -0.4 is 15.6 Å². The van der Waals surface area contributed by atoms with Crippen molar-refractivity contribution in [1.82, 2.24) is 9.78 Å². The van der Waals surface area contributed by atoms with E-state index >= 15 is 0 Å². The van der Waals surface area contributed by atoms with Crippen LogP contribution in [0.1, 0.15) is 17.3 Å². The largest absolute Gasteiger partial charge is 0.423 e. The smallest absolute Gasteiger partial charge is 0.349 e. The number of amides is 1. The van der Waals surface area contributed by atoms with Crippen molar-refractivity contribution in [2.75, 3.05) is 5.32 Å². The molecule has 0 unspecified atom stereocenters. The number of esters is 1. The molecule has 0 atom stereocenters. The van der Waals surface area contributed by atoms with E-state index in [1.54, 1.807) is 24.3 Å². The summed E-state index contributed by atoms with van der Waals surface area (Å²) in [4.78, 5) is 37.6. The van der Waals surface area contributed by atoms with E-state index in [1.165, 1.54) is 14.0 Å². The fraction of sp³-hybridized carbons (Fsp3) is 0.0769. The van der Waals surface area contributed by atoms with Crippen molar-refractivity contribution in [2.45, 2.75) is 6.92 Å². The SMILES string of the molecule is CC(=O)Nc1ccc(OC(=O)c2c(-c3ccccc3)c(-c3ccccc3)nn(C)c2=O)cc1. The maximum atomic E-state index is 13.3. The average Bonchev–Trinajstić information content (AvgIpc) is 2.82. The van der Waals surface area contributed by atoms with Crippen molar-refractivity contribution >= 4 is 17.6 Å². The number of hydrogen-bond donors (Lipinski definition) is 1. The summed E-state index contributed by atoms with van der Waals surface area (Å²) in [5.41, 5.74) is 2.24. The zero-order valence-electron chi connectivity index (χ0n) is 18.1. The fourth-order valence-corrected chi connectivity index (χ4v) is 3.47. The Bertz CT molecular complexity index is 1360. The van der Waals surface area contributed by atoms with Crippen LogP contribution in [-0.4, -0.2) is 21.7 Å². The molecule has 0 radical (unpaired) electrons. The number of hydrogen-bond acceptors (Lipinski definition) is 5. The number of aryl methyl sites for hydroxylation is 1. The van der Waals surface area contributed by atoms with E-state index in [4.69, 9.17) is 4.74 Å². The standard InChI is InChI=1S/C26H21N3O4/c1-17(30)27-20-13-15-21(16-14-20)33-26(32)23-22(18-9-5-3-6-10-18)24(28-29(2)25(23)31)19-11-7-4-8-12-19/h3-16H,1-2H3,(H,27,30). The van der Waals surface area contributed by atoms with Crippen LogP contribution in [0.2, 0.25) is 0 Å². The van der Waals surface area contributed by atoms with Crippen molar-refractivity contribution in [2.24, 2.45) is 7.05 Å². The monoisotopic (exact) mass is 439 g/mol. The molecule has 0 saturated heterocycles. The summed E-state index contributed by atoms with van der Waals surface area (Å²) in [6.07, 6.45) is 0. The van der Waals surface area contributed by atoms with Gasteiger partial charge in [-0.3, -0.25) is 9.59 Å². The van der Waals surface area contributed by atoms with Crippen molar-refractivity contribution in [3.8, 4) is 28.1 Å². The van der Waals surface area contributed by atoms with Gasteiger partial charge in [0.05, 0.1) is 5.69 Å². The van der Waals surface area contributed by atoms with Crippen molar-refractivity contribution < 1.29 is 14.3 Å². The maximum absolute atomic E-state index is 13.3. The molecule has 7 nitrogen and oxygen atoms in total. The second-order valence-corrected chi connectivity index (χ2v) is 7.35. The summed E-state index contributed by atoms with van der Waals surface area (Å²) in [5, 5.41) is 7.11. The molecular weight excluding hydrogens is 418 g/mol. The highest BCUT2D eigenvalue weighted by molar-refractivity contribution is 6.01. The summed E-state index contributed by atoms with van der Waals surface area (Å²) in [7, 11) is 1.50. The second-order valence-electron chi connectivity index (χ2n) is 7.35. The van der Waals surface area contributed by atoms with Gasteiger partial charge >= 0.3 is 5.97 Å². The Hall–Kier alpha value is -4.52. The minimum absolute atomic E-state index is 0.108. The normalized spacial score (nSPS) is 10.5. The molecule has 0 aliphatic carbocycles. The van der Waals surface area contributed by atoms with Gasteiger partial charge in [-0.05, 0) is 29.8 Å². The van der Waals surface area contributed by atoms with E-state index in [1.807, 2.05) is 60.7 Å². The number of nitrogens with one attached hydrogen (secondary N) is 1. The predicted molar refractivity (Wildman–Crippen MR) is 126 cm³/mol. The summed E-state index contributed by atoms with van der Waals surface area (Å²) in [5.74, 6) is -0.754. The third kappa shape index (κ3) is 4.72. The molecule has 1 N–H and O–H groups in total. The molecule has 1 heterocycles. The Balaban J connectivity index is 1.83. The molecule has 33 heavy (non-hydrogen) atoms. The summed E-state index contributed by atoms with van der Waals surface area (Å²) in [6.45, 7) is 1.41. The van der Waals surface area contributed by atoms with Crippen LogP contribution in [0.5, 0.6) is 5.75 Å². The Morgan fingerprint density at radius 3 is 2.00 bits per heavy atom. The zero-order valence-corrected chi connectivity index (χ0v) is 18.1. The van der Waals surface area contributed by atoms with Crippen LogP contribution in [0.15, 0.2) is 89.7 Å². The van der Waals surface area contributed by atoms with E-state index in [-0.39, 0.29) is 17.2 Å². The van der Waals surface area contributed by atoms with Gasteiger partial charge in [-0.2, -0.15) is 5.10 Å². The summed E-state index contributed by atoms with van der Waals surface area (Å²) < 4.78 is 6.70. The zero-order chi connectivity index (χ0) is 23.4. The third-order valence-electron chi connectivity index (χ3n) is 4.94. The van der Waals surface area contributed by atoms with Gasteiger partial charge in [0, 0.05) is 30.8 Å². The molecule has 1 aromatic heterocycles. The van der Waals surface area contributed by atoms with Crippen LogP contribution in [0.3, 0.4) is 0 Å². The number of carbonyl (C=O) groups is 2. The van der Waals surface area contributed by atoms with Gasteiger partial charge in [0.15, 0.2) is 0 Å². The van der Waals surface area contributed by atoms with E-state index < -0.39 is 11.5 Å². The highest BCUT2D eigenvalue weighted by Crippen LogP contribution is 2.32. The van der Waals surface area contributed by atoms with Gasteiger partial charge in [0.25, 0.3) is 5.56 Å². The number of rotatable bonds is 5. The molecule has 4 aromatic rings. The molecule has 4 rings (SSSR count). The van der Waals surface area contributed by atoms with Crippen LogP contribution in [0, 0.1) is 0 Å². The predicted octanol–water partition coefficient (Wildman–Crippen LogP) is 4.29. The molecular formula is C26H21N3O4. The van der Waals surface area contributed by atoms with Crippen molar-refractivity contribution in [3.63, 3.8) is 0 Å². The molecule has 7 heteroatoms. The molecule has 3 aromatic carbocycles. The van der Waals surface area contributed by atoms with Gasteiger partial charge in [0.2, 0.25) is 5.91 Å². The second kappa shape index (κ2) is 9.32. The minimum atomic E-state index is -0.790.